The Kier molecular flexibility index (Phi) is 4.33. The zero-order chi connectivity index (χ0) is 19.0. The van der Waals surface area contributed by atoms with E-state index in [4.69, 9.17) is 0 Å². The summed E-state index contributed by atoms with van der Waals surface area (Å²) in [6, 6.07) is 10.2. The Balaban J connectivity index is 1.53. The number of alkyl halides is 3. The van der Waals surface area contributed by atoms with Crippen LogP contribution in [0.2, 0.25) is 0 Å². The van der Waals surface area contributed by atoms with Crippen molar-refractivity contribution in [2.24, 2.45) is 0 Å². The first-order valence-electron chi connectivity index (χ1n) is 8.69. The molecule has 1 fully saturated rings. The molecule has 1 aliphatic heterocycles. The van der Waals surface area contributed by atoms with Crippen LogP contribution in [0.15, 0.2) is 48.7 Å². The van der Waals surface area contributed by atoms with Crippen LogP contribution in [-0.4, -0.2) is 31.9 Å². The lowest BCUT2D eigenvalue weighted by Crippen LogP contribution is -2.32. The summed E-state index contributed by atoms with van der Waals surface area (Å²) >= 11 is 0. The standard InChI is InChI=1S/C19H17F3N4O/c20-19(21,22)14-8-6-13(7-9-14)12-17(27)25-11-3-4-15(25)18-24-23-16-5-1-2-10-26(16)18/h1-2,5-10,15H,3-4,11-12H2. The zero-order valence-electron chi connectivity index (χ0n) is 14.4. The van der Waals surface area contributed by atoms with E-state index >= 15 is 0 Å². The van der Waals surface area contributed by atoms with Gasteiger partial charge in [-0.15, -0.1) is 10.2 Å². The molecular weight excluding hydrogens is 357 g/mol. The largest absolute Gasteiger partial charge is 0.416 e. The molecular formula is C19H17F3N4O. The number of pyridine rings is 1. The highest BCUT2D eigenvalue weighted by Crippen LogP contribution is 2.32. The van der Waals surface area contributed by atoms with Gasteiger partial charge in [-0.25, -0.2) is 0 Å². The normalized spacial score (nSPS) is 17.6. The summed E-state index contributed by atoms with van der Waals surface area (Å²) in [5.74, 6) is 0.591. The van der Waals surface area contributed by atoms with Crippen molar-refractivity contribution in [2.75, 3.05) is 6.54 Å². The van der Waals surface area contributed by atoms with Crippen LogP contribution >= 0.6 is 0 Å². The molecule has 1 saturated heterocycles. The second-order valence-corrected chi connectivity index (χ2v) is 6.60. The van der Waals surface area contributed by atoms with Crippen LogP contribution in [0.25, 0.3) is 5.65 Å². The van der Waals surface area contributed by atoms with E-state index < -0.39 is 11.7 Å². The van der Waals surface area contributed by atoms with Crippen molar-refractivity contribution in [3.05, 3.63) is 65.6 Å². The molecule has 0 radical (unpaired) electrons. The summed E-state index contributed by atoms with van der Waals surface area (Å²) in [5, 5.41) is 8.39. The van der Waals surface area contributed by atoms with Crippen LogP contribution in [0.5, 0.6) is 0 Å². The Morgan fingerprint density at radius 1 is 1.11 bits per heavy atom. The molecule has 8 heteroatoms. The number of fused-ring (bicyclic) bond motifs is 1. The van der Waals surface area contributed by atoms with E-state index in [1.807, 2.05) is 28.8 Å². The number of benzene rings is 1. The third-order valence-electron chi connectivity index (χ3n) is 4.85. The van der Waals surface area contributed by atoms with Crippen molar-refractivity contribution in [1.29, 1.82) is 0 Å². The highest BCUT2D eigenvalue weighted by atomic mass is 19.4. The van der Waals surface area contributed by atoms with E-state index in [-0.39, 0.29) is 18.4 Å². The molecule has 0 aliphatic carbocycles. The van der Waals surface area contributed by atoms with E-state index in [1.165, 1.54) is 12.1 Å². The van der Waals surface area contributed by atoms with Crippen LogP contribution in [0.4, 0.5) is 13.2 Å². The van der Waals surface area contributed by atoms with Gasteiger partial charge in [0.15, 0.2) is 11.5 Å². The molecule has 1 unspecified atom stereocenters. The Morgan fingerprint density at radius 2 is 1.89 bits per heavy atom. The van der Waals surface area contributed by atoms with E-state index in [0.29, 0.717) is 17.9 Å². The van der Waals surface area contributed by atoms with Crippen molar-refractivity contribution in [3.63, 3.8) is 0 Å². The van der Waals surface area contributed by atoms with Crippen molar-refractivity contribution in [1.82, 2.24) is 19.5 Å². The van der Waals surface area contributed by atoms with E-state index in [0.717, 1.165) is 30.6 Å². The summed E-state index contributed by atoms with van der Waals surface area (Å²) in [6.45, 7) is 0.603. The Morgan fingerprint density at radius 3 is 2.63 bits per heavy atom. The molecule has 3 heterocycles. The summed E-state index contributed by atoms with van der Waals surface area (Å²) in [5.41, 5.74) is 0.562. The number of carbonyl (C=O) groups is 1. The predicted octanol–water partition coefficient (Wildman–Crippen LogP) is 3.65. The molecule has 2 aromatic heterocycles. The maximum absolute atomic E-state index is 12.8. The molecule has 1 aromatic carbocycles. The lowest BCUT2D eigenvalue weighted by atomic mass is 10.1. The average Bonchev–Trinajstić information content (AvgIpc) is 3.28. The number of likely N-dealkylation sites (tertiary alicyclic amines) is 1. The highest BCUT2D eigenvalue weighted by molar-refractivity contribution is 5.79. The zero-order valence-corrected chi connectivity index (χ0v) is 14.4. The smallest absolute Gasteiger partial charge is 0.332 e. The van der Waals surface area contributed by atoms with Gasteiger partial charge in [-0.3, -0.25) is 9.20 Å². The molecule has 0 bridgehead atoms. The minimum absolute atomic E-state index is 0.0609. The highest BCUT2D eigenvalue weighted by Gasteiger charge is 2.33. The molecule has 5 nitrogen and oxygen atoms in total. The van der Waals surface area contributed by atoms with Gasteiger partial charge in [-0.05, 0) is 42.7 Å². The van der Waals surface area contributed by atoms with Gasteiger partial charge in [-0.1, -0.05) is 18.2 Å². The van der Waals surface area contributed by atoms with Crippen LogP contribution in [0.3, 0.4) is 0 Å². The lowest BCUT2D eigenvalue weighted by Gasteiger charge is -2.23. The van der Waals surface area contributed by atoms with Gasteiger partial charge >= 0.3 is 6.18 Å². The molecule has 4 rings (SSSR count). The van der Waals surface area contributed by atoms with Crippen LogP contribution in [-0.2, 0) is 17.4 Å². The monoisotopic (exact) mass is 374 g/mol. The second kappa shape index (κ2) is 6.68. The van der Waals surface area contributed by atoms with E-state index in [1.54, 1.807) is 4.90 Å². The maximum Gasteiger partial charge on any atom is 0.416 e. The van der Waals surface area contributed by atoms with E-state index in [2.05, 4.69) is 10.2 Å². The van der Waals surface area contributed by atoms with Crippen LogP contribution in [0.1, 0.15) is 35.8 Å². The van der Waals surface area contributed by atoms with Crippen molar-refractivity contribution in [2.45, 2.75) is 31.5 Å². The summed E-state index contributed by atoms with van der Waals surface area (Å²) in [4.78, 5) is 14.5. The molecule has 3 aromatic rings. The molecule has 0 saturated carbocycles. The predicted molar refractivity (Wildman–Crippen MR) is 91.8 cm³/mol. The van der Waals surface area contributed by atoms with Crippen molar-refractivity contribution in [3.8, 4) is 0 Å². The third-order valence-corrected chi connectivity index (χ3v) is 4.85. The summed E-state index contributed by atoms with van der Waals surface area (Å²) in [6.07, 6.45) is -0.816. The quantitative estimate of drug-likeness (QED) is 0.703. The van der Waals surface area contributed by atoms with Gasteiger partial charge in [-0.2, -0.15) is 13.2 Å². The van der Waals surface area contributed by atoms with Gasteiger partial charge in [0.2, 0.25) is 5.91 Å². The number of halogens is 3. The first-order chi connectivity index (χ1) is 12.9. The van der Waals surface area contributed by atoms with Gasteiger partial charge in [0.05, 0.1) is 18.0 Å². The fraction of sp³-hybridized carbons (Fsp3) is 0.316. The molecule has 1 atom stereocenters. The Bertz CT molecular complexity index is 965. The topological polar surface area (TPSA) is 50.5 Å². The molecule has 0 spiro atoms. The first-order valence-corrected chi connectivity index (χ1v) is 8.69. The van der Waals surface area contributed by atoms with Crippen molar-refractivity contribution < 1.29 is 18.0 Å². The van der Waals surface area contributed by atoms with Gasteiger partial charge < -0.3 is 4.90 Å². The Hall–Kier alpha value is -2.90. The molecule has 27 heavy (non-hydrogen) atoms. The number of carbonyl (C=O) groups excluding carboxylic acids is 1. The molecule has 1 aliphatic rings. The SMILES string of the molecule is O=C(Cc1ccc(C(F)(F)F)cc1)N1CCCC1c1nnc2ccccn12. The number of amides is 1. The fourth-order valence-electron chi connectivity index (χ4n) is 3.51. The number of hydrogen-bond donors (Lipinski definition) is 0. The number of hydrogen-bond acceptors (Lipinski definition) is 3. The van der Waals surface area contributed by atoms with Crippen LogP contribution in [0, 0.1) is 0 Å². The minimum Gasteiger partial charge on any atom is -0.332 e. The average molecular weight is 374 g/mol. The maximum atomic E-state index is 12.8. The lowest BCUT2D eigenvalue weighted by molar-refractivity contribution is -0.137. The van der Waals surface area contributed by atoms with Crippen LogP contribution < -0.4 is 0 Å². The van der Waals surface area contributed by atoms with Gasteiger partial charge in [0, 0.05) is 12.7 Å². The van der Waals surface area contributed by atoms with E-state index in [9.17, 15) is 18.0 Å². The fourth-order valence-corrected chi connectivity index (χ4v) is 3.51. The number of nitrogens with zero attached hydrogens (tertiary/aromatic N) is 4. The minimum atomic E-state index is -4.38. The number of rotatable bonds is 3. The molecule has 140 valence electrons. The molecule has 0 N–H and O–H groups in total. The summed E-state index contributed by atoms with van der Waals surface area (Å²) in [7, 11) is 0. The Labute approximate surface area is 153 Å². The number of aromatic nitrogens is 3. The third kappa shape index (κ3) is 3.39. The first kappa shape index (κ1) is 17.5. The summed E-state index contributed by atoms with van der Waals surface area (Å²) < 4.78 is 39.9. The second-order valence-electron chi connectivity index (χ2n) is 6.60. The van der Waals surface area contributed by atoms with Crippen molar-refractivity contribution >= 4 is 11.6 Å². The van der Waals surface area contributed by atoms with Gasteiger partial charge in [0.1, 0.15) is 0 Å². The molecule has 1 amide bonds. The van der Waals surface area contributed by atoms with Gasteiger partial charge in [0.25, 0.3) is 0 Å².